The Labute approximate surface area is 444 Å². The average molecular weight is 1050 g/mol. The molecule has 0 aromatic carbocycles. The van der Waals surface area contributed by atoms with Crippen LogP contribution in [0.1, 0.15) is 271 Å². The van der Waals surface area contributed by atoms with Crippen molar-refractivity contribution in [1.82, 2.24) is 0 Å². The smallest absolute Gasteiger partial charge is 0.306 e. The summed E-state index contributed by atoms with van der Waals surface area (Å²) in [7, 11) is 0. The van der Waals surface area contributed by atoms with Gasteiger partial charge in [-0.1, -0.05) is 251 Å². The lowest BCUT2D eigenvalue weighted by Gasteiger charge is -2.42. The number of carbonyl (C=O) groups excluding carboxylic acids is 1. The van der Waals surface area contributed by atoms with E-state index < -0.39 is 80.7 Å². The highest BCUT2D eigenvalue weighted by Gasteiger charge is 2.47. The fraction of sp³-hybridized carbons (Fsp3) is 0.983. The first-order valence-corrected chi connectivity index (χ1v) is 30.6. The molecule has 0 saturated carbocycles. The first-order chi connectivity index (χ1) is 35.6. The fourth-order valence-electron chi connectivity index (χ4n) is 10.2. The third-order valence-electron chi connectivity index (χ3n) is 15.1. The van der Waals surface area contributed by atoms with E-state index in [-0.39, 0.29) is 25.6 Å². The number of hydrogen-bond donors (Lipinski definition) is 7. The molecule has 11 unspecified atom stereocenters. The summed E-state index contributed by atoms with van der Waals surface area (Å²) in [6, 6.07) is 0. The molecular weight excluding hydrogens is 933 g/mol. The van der Waals surface area contributed by atoms with Gasteiger partial charge in [0.1, 0.15) is 54.9 Å². The van der Waals surface area contributed by atoms with Crippen molar-refractivity contribution >= 4 is 5.97 Å². The molecule has 14 heteroatoms. The van der Waals surface area contributed by atoms with Crippen LogP contribution in [0.2, 0.25) is 0 Å². The number of rotatable bonds is 51. The van der Waals surface area contributed by atoms with E-state index in [0.717, 1.165) is 44.9 Å². The van der Waals surface area contributed by atoms with Crippen LogP contribution in [-0.2, 0) is 33.2 Å². The van der Waals surface area contributed by atoms with Gasteiger partial charge in [-0.25, -0.2) is 0 Å². The van der Waals surface area contributed by atoms with E-state index in [0.29, 0.717) is 6.61 Å². The number of hydrogen-bond acceptors (Lipinski definition) is 14. The van der Waals surface area contributed by atoms with Crippen LogP contribution >= 0.6 is 0 Å². The molecule has 2 saturated heterocycles. The van der Waals surface area contributed by atoms with Crippen LogP contribution in [0.5, 0.6) is 0 Å². The molecule has 0 aliphatic carbocycles. The molecule has 0 spiro atoms. The number of carbonyl (C=O) groups is 1. The monoisotopic (exact) mass is 1050 g/mol. The Kier molecular flexibility index (Phi) is 43.9. The van der Waals surface area contributed by atoms with Crippen LogP contribution < -0.4 is 0 Å². The summed E-state index contributed by atoms with van der Waals surface area (Å²) in [5.41, 5.74) is 0. The molecule has 73 heavy (non-hydrogen) atoms. The molecule has 0 aromatic rings. The number of esters is 1. The molecule has 2 aliphatic heterocycles. The molecule has 0 amide bonds. The van der Waals surface area contributed by atoms with Crippen LogP contribution in [0.4, 0.5) is 0 Å². The van der Waals surface area contributed by atoms with Crippen molar-refractivity contribution in [3.05, 3.63) is 0 Å². The zero-order valence-electron chi connectivity index (χ0n) is 46.7. The largest absolute Gasteiger partial charge is 0.457 e. The van der Waals surface area contributed by atoms with Crippen LogP contribution in [0.15, 0.2) is 0 Å². The number of ether oxygens (including phenoxy) is 6. The zero-order chi connectivity index (χ0) is 53.0. The van der Waals surface area contributed by atoms with Gasteiger partial charge in [0.25, 0.3) is 0 Å². The van der Waals surface area contributed by atoms with Gasteiger partial charge in [0.05, 0.1) is 26.4 Å². The predicted octanol–water partition coefficient (Wildman–Crippen LogP) is 11.2. The number of aliphatic hydroxyl groups excluding tert-OH is 7. The van der Waals surface area contributed by atoms with Gasteiger partial charge in [-0.3, -0.25) is 4.79 Å². The van der Waals surface area contributed by atoms with Crippen molar-refractivity contribution in [2.24, 2.45) is 0 Å². The van der Waals surface area contributed by atoms with Crippen LogP contribution in [0.3, 0.4) is 0 Å². The van der Waals surface area contributed by atoms with Crippen LogP contribution in [0.25, 0.3) is 0 Å². The first-order valence-electron chi connectivity index (χ1n) is 30.6. The summed E-state index contributed by atoms with van der Waals surface area (Å²) >= 11 is 0. The van der Waals surface area contributed by atoms with Crippen molar-refractivity contribution in [1.29, 1.82) is 0 Å². The fourth-order valence-corrected chi connectivity index (χ4v) is 10.2. The van der Waals surface area contributed by atoms with Gasteiger partial charge in [0.2, 0.25) is 0 Å². The second kappa shape index (κ2) is 47.0. The molecule has 7 N–H and O–H groups in total. The normalized spacial score (nSPS) is 24.8. The van der Waals surface area contributed by atoms with Crippen LogP contribution in [0, 0.1) is 0 Å². The SMILES string of the molecule is CCCCCCCCCCCCCCCCCCCCCCCCCCCOCC(COC1OC(COC2OC(CO)C(O)C(O)C2O)C(O)C(O)C1O)OC(=O)CCCCCCCCCCCCCCCC. The lowest BCUT2D eigenvalue weighted by atomic mass is 9.98. The summed E-state index contributed by atoms with van der Waals surface area (Å²) in [6.45, 7) is 3.76. The van der Waals surface area contributed by atoms with Gasteiger partial charge < -0.3 is 64.2 Å². The molecule has 14 nitrogen and oxygen atoms in total. The van der Waals surface area contributed by atoms with Gasteiger partial charge in [-0.05, 0) is 12.8 Å². The lowest BCUT2D eigenvalue weighted by Crippen LogP contribution is -2.61. The van der Waals surface area contributed by atoms with Crippen molar-refractivity contribution in [2.45, 2.75) is 338 Å². The summed E-state index contributed by atoms with van der Waals surface area (Å²) < 4.78 is 34.4. The summed E-state index contributed by atoms with van der Waals surface area (Å²) in [5.74, 6) is -0.368. The van der Waals surface area contributed by atoms with E-state index in [1.807, 2.05) is 0 Å². The van der Waals surface area contributed by atoms with E-state index in [1.54, 1.807) is 0 Å². The Hall–Kier alpha value is -1.01. The third kappa shape index (κ3) is 33.8. The minimum absolute atomic E-state index is 0.0710. The van der Waals surface area contributed by atoms with E-state index in [2.05, 4.69) is 13.8 Å². The third-order valence-corrected chi connectivity index (χ3v) is 15.1. The maximum Gasteiger partial charge on any atom is 0.306 e. The maximum atomic E-state index is 13.1. The molecule has 2 heterocycles. The van der Waals surface area contributed by atoms with E-state index in [4.69, 9.17) is 28.4 Å². The molecule has 0 aromatic heterocycles. The van der Waals surface area contributed by atoms with Crippen molar-refractivity contribution < 1.29 is 69.0 Å². The predicted molar refractivity (Wildman–Crippen MR) is 289 cm³/mol. The minimum atomic E-state index is -1.70. The van der Waals surface area contributed by atoms with Crippen molar-refractivity contribution in [2.75, 3.05) is 33.0 Å². The van der Waals surface area contributed by atoms with Crippen molar-refractivity contribution in [3.63, 3.8) is 0 Å². The molecule has 2 aliphatic rings. The molecular formula is C59H114O14. The van der Waals surface area contributed by atoms with Gasteiger partial charge in [-0.2, -0.15) is 0 Å². The standard InChI is InChI=1S/C59H114O14/c1-3-5-7-9-11-13-15-17-19-20-21-22-23-24-25-26-27-28-29-31-33-35-37-39-41-43-68-45-48(71-51(61)42-40-38-36-34-32-30-18-16-14-12-10-8-6-4-2)46-69-58-57(67)55(65)53(63)50(73-58)47-70-59-56(66)54(64)52(62)49(44-60)72-59/h48-50,52-60,62-67H,3-47H2,1-2H3. The highest BCUT2D eigenvalue weighted by atomic mass is 16.7. The quantitative estimate of drug-likeness (QED) is 0.0223. The first kappa shape index (κ1) is 68.1. The second-order valence-corrected chi connectivity index (χ2v) is 21.9. The average Bonchev–Trinajstić information content (AvgIpc) is 3.39. The molecule has 11 atom stereocenters. The maximum absolute atomic E-state index is 13.1. The minimum Gasteiger partial charge on any atom is -0.457 e. The Bertz CT molecular complexity index is 1210. The Morgan fingerprint density at radius 3 is 1.11 bits per heavy atom. The van der Waals surface area contributed by atoms with E-state index in [9.17, 15) is 40.5 Å². The van der Waals surface area contributed by atoms with E-state index in [1.165, 1.54) is 205 Å². The highest BCUT2D eigenvalue weighted by molar-refractivity contribution is 5.69. The van der Waals surface area contributed by atoms with Crippen molar-refractivity contribution in [3.8, 4) is 0 Å². The summed E-state index contributed by atoms with van der Waals surface area (Å²) in [5, 5.41) is 72.3. The molecule has 2 rings (SSSR count). The van der Waals surface area contributed by atoms with Crippen LogP contribution in [-0.4, -0.2) is 142 Å². The number of aliphatic hydroxyl groups is 7. The summed E-state index contributed by atoms with van der Waals surface area (Å²) in [6.07, 6.45) is 34.6. The second-order valence-electron chi connectivity index (χ2n) is 21.9. The number of unbranched alkanes of at least 4 members (excludes halogenated alkanes) is 37. The zero-order valence-corrected chi connectivity index (χ0v) is 46.7. The van der Waals surface area contributed by atoms with Gasteiger partial charge in [0, 0.05) is 13.0 Å². The molecule has 0 radical (unpaired) electrons. The Morgan fingerprint density at radius 2 is 0.726 bits per heavy atom. The lowest BCUT2D eigenvalue weighted by molar-refractivity contribution is -0.332. The van der Waals surface area contributed by atoms with Gasteiger partial charge >= 0.3 is 5.97 Å². The Morgan fingerprint density at radius 1 is 0.397 bits per heavy atom. The van der Waals surface area contributed by atoms with Gasteiger partial charge in [0.15, 0.2) is 12.6 Å². The highest BCUT2D eigenvalue weighted by Crippen LogP contribution is 2.27. The molecule has 434 valence electrons. The Balaban J connectivity index is 1.65. The topological polar surface area (TPSA) is 214 Å². The molecule has 2 fully saturated rings. The van der Waals surface area contributed by atoms with Gasteiger partial charge in [-0.15, -0.1) is 0 Å². The molecule has 0 bridgehead atoms. The summed E-state index contributed by atoms with van der Waals surface area (Å²) in [4.78, 5) is 13.1. The van der Waals surface area contributed by atoms with E-state index >= 15 is 0 Å².